The average molecular weight is 332 g/mol. The Morgan fingerprint density at radius 1 is 0.739 bits per heavy atom. The van der Waals surface area contributed by atoms with Gasteiger partial charge in [0.25, 0.3) is 0 Å². The summed E-state index contributed by atoms with van der Waals surface area (Å²) in [6, 6.07) is -2.57. The lowest BCUT2D eigenvalue weighted by Crippen LogP contribution is -2.54. The highest BCUT2D eigenvalue weighted by Gasteiger charge is 2.40. The largest absolute Gasteiger partial charge is 0.465 e. The zero-order valence-electron chi connectivity index (χ0n) is 14.1. The van der Waals surface area contributed by atoms with Gasteiger partial charge in [-0.15, -0.1) is 0 Å². The Kier molecular flexibility index (Phi) is 6.56. The first-order chi connectivity index (χ1) is 10.2. The van der Waals surface area contributed by atoms with Crippen molar-refractivity contribution in [1.29, 1.82) is 0 Å². The summed E-state index contributed by atoms with van der Waals surface area (Å²) in [5.74, 6) is -2.18. The fraction of sp³-hybridized carbons (Fsp3) is 0.714. The molecule has 0 aromatic carbocycles. The Morgan fingerprint density at radius 3 is 1.17 bits per heavy atom. The Morgan fingerprint density at radius 2 is 1.00 bits per heavy atom. The SMILES string of the molecule is CC(C)(C)[C@H](NC(=O)O)C(=O)OC(=O)[C@@H](NC(=O)O)C(C)(C)C. The Bertz CT molecular complexity index is 444. The molecule has 0 bridgehead atoms. The smallest absolute Gasteiger partial charge is 0.405 e. The Labute approximate surface area is 134 Å². The normalized spacial score (nSPS) is 14.3. The molecule has 9 nitrogen and oxygen atoms in total. The van der Waals surface area contributed by atoms with Crippen LogP contribution < -0.4 is 10.6 Å². The highest BCUT2D eigenvalue weighted by atomic mass is 16.6. The molecule has 0 aliphatic rings. The summed E-state index contributed by atoms with van der Waals surface area (Å²) in [6.07, 6.45) is -2.88. The molecule has 2 atom stereocenters. The fourth-order valence-corrected chi connectivity index (χ4v) is 1.72. The molecule has 0 unspecified atom stereocenters. The van der Waals surface area contributed by atoms with Crippen LogP contribution >= 0.6 is 0 Å². The fourth-order valence-electron chi connectivity index (χ4n) is 1.72. The number of carbonyl (C=O) groups is 4. The number of ether oxygens (including phenoxy) is 1. The quantitative estimate of drug-likeness (QED) is 0.450. The number of hydrogen-bond donors (Lipinski definition) is 4. The molecule has 4 N–H and O–H groups in total. The molecule has 0 radical (unpaired) electrons. The highest BCUT2D eigenvalue weighted by Crippen LogP contribution is 2.23. The molecule has 0 fully saturated rings. The number of amides is 2. The van der Waals surface area contributed by atoms with E-state index in [9.17, 15) is 19.2 Å². The number of hydrogen-bond acceptors (Lipinski definition) is 5. The summed E-state index contributed by atoms with van der Waals surface area (Å²) < 4.78 is 4.70. The third-order valence-electron chi connectivity index (χ3n) is 2.94. The van der Waals surface area contributed by atoms with Crippen molar-refractivity contribution >= 4 is 24.1 Å². The first-order valence-corrected chi connectivity index (χ1v) is 6.90. The van der Waals surface area contributed by atoms with Gasteiger partial charge in [-0.2, -0.15) is 0 Å². The molecule has 132 valence electrons. The summed E-state index contributed by atoms with van der Waals surface area (Å²) in [4.78, 5) is 45.8. The lowest BCUT2D eigenvalue weighted by Gasteiger charge is -2.31. The van der Waals surface area contributed by atoms with Crippen LogP contribution in [0.25, 0.3) is 0 Å². The summed E-state index contributed by atoms with van der Waals surface area (Å²) in [6.45, 7) is 9.56. The van der Waals surface area contributed by atoms with Crippen molar-refractivity contribution < 1.29 is 34.1 Å². The molecule has 0 aliphatic heterocycles. The van der Waals surface area contributed by atoms with Gasteiger partial charge in [0, 0.05) is 0 Å². The van der Waals surface area contributed by atoms with Crippen molar-refractivity contribution in [1.82, 2.24) is 10.6 Å². The minimum absolute atomic E-state index is 0.840. The van der Waals surface area contributed by atoms with E-state index >= 15 is 0 Å². The van der Waals surface area contributed by atoms with E-state index in [2.05, 4.69) is 0 Å². The molecule has 9 heteroatoms. The molecule has 0 heterocycles. The van der Waals surface area contributed by atoms with Gasteiger partial charge in [-0.1, -0.05) is 41.5 Å². The predicted molar refractivity (Wildman–Crippen MR) is 79.9 cm³/mol. The lowest BCUT2D eigenvalue weighted by molar-refractivity contribution is -0.165. The van der Waals surface area contributed by atoms with Crippen molar-refractivity contribution in [2.45, 2.75) is 53.6 Å². The molecule has 0 saturated carbocycles. The van der Waals surface area contributed by atoms with Crippen molar-refractivity contribution in [3.8, 4) is 0 Å². The molecule has 0 aromatic heterocycles. The van der Waals surface area contributed by atoms with Gasteiger partial charge in [0.1, 0.15) is 12.1 Å². The summed E-state index contributed by atoms with van der Waals surface area (Å²) >= 11 is 0. The molecule has 0 rings (SSSR count). The maximum atomic E-state index is 12.1. The zero-order chi connectivity index (χ0) is 18.6. The van der Waals surface area contributed by atoms with Crippen LogP contribution in [-0.4, -0.2) is 46.4 Å². The van der Waals surface area contributed by atoms with Crippen molar-refractivity contribution in [3.63, 3.8) is 0 Å². The Balaban J connectivity index is 5.25. The van der Waals surface area contributed by atoms with Gasteiger partial charge in [0.05, 0.1) is 0 Å². The number of carboxylic acid groups (broad SMARTS) is 2. The predicted octanol–water partition coefficient (Wildman–Crippen LogP) is 1.42. The molecule has 23 heavy (non-hydrogen) atoms. The van der Waals surface area contributed by atoms with Crippen LogP contribution in [0.15, 0.2) is 0 Å². The summed E-state index contributed by atoms with van der Waals surface area (Å²) in [7, 11) is 0. The molecule has 0 saturated heterocycles. The standard InChI is InChI=1S/C14H24N2O7/c1-13(2,3)7(15-11(19)20)9(17)23-10(18)8(14(4,5)6)16-12(21)22/h7-8,15-16H,1-6H3,(H,19,20)(H,21,22)/t7-,8-/m1/s1. The van der Waals surface area contributed by atoms with Crippen LogP contribution in [0.4, 0.5) is 9.59 Å². The average Bonchev–Trinajstić information content (AvgIpc) is 2.29. The van der Waals surface area contributed by atoms with Crippen LogP contribution in [0.3, 0.4) is 0 Å². The highest BCUT2D eigenvalue weighted by molar-refractivity contribution is 5.94. The zero-order valence-corrected chi connectivity index (χ0v) is 14.1. The number of carbonyl (C=O) groups excluding carboxylic acids is 2. The molecule has 2 amide bonds. The van der Waals surface area contributed by atoms with Crippen molar-refractivity contribution in [2.75, 3.05) is 0 Å². The second-order valence-electron chi connectivity index (χ2n) is 7.24. The van der Waals surface area contributed by atoms with Crippen molar-refractivity contribution in [2.24, 2.45) is 10.8 Å². The van der Waals surface area contributed by atoms with Gasteiger partial charge in [0.15, 0.2) is 0 Å². The minimum atomic E-state index is -1.44. The number of esters is 2. The maximum Gasteiger partial charge on any atom is 0.405 e. The third-order valence-corrected chi connectivity index (χ3v) is 2.94. The third kappa shape index (κ3) is 6.98. The van der Waals surface area contributed by atoms with Crippen LogP contribution in [0, 0.1) is 10.8 Å². The van der Waals surface area contributed by atoms with Gasteiger partial charge in [-0.3, -0.25) is 0 Å². The van der Waals surface area contributed by atoms with E-state index in [1.807, 2.05) is 10.6 Å². The lowest BCUT2D eigenvalue weighted by atomic mass is 9.86. The van der Waals surface area contributed by atoms with Gasteiger partial charge in [-0.25, -0.2) is 19.2 Å². The van der Waals surface area contributed by atoms with Crippen LogP contribution in [0.5, 0.6) is 0 Å². The second kappa shape index (κ2) is 7.30. The van der Waals surface area contributed by atoms with E-state index in [1.54, 1.807) is 41.5 Å². The first-order valence-electron chi connectivity index (χ1n) is 6.90. The number of rotatable bonds is 4. The van der Waals surface area contributed by atoms with E-state index < -0.39 is 47.0 Å². The maximum absolute atomic E-state index is 12.1. The van der Waals surface area contributed by atoms with Crippen LogP contribution in [0.1, 0.15) is 41.5 Å². The van der Waals surface area contributed by atoms with E-state index in [1.165, 1.54) is 0 Å². The minimum Gasteiger partial charge on any atom is -0.465 e. The Hall–Kier alpha value is -2.32. The van der Waals surface area contributed by atoms with E-state index in [0.29, 0.717) is 0 Å². The van der Waals surface area contributed by atoms with Gasteiger partial charge in [0.2, 0.25) is 0 Å². The molecular formula is C14H24N2O7. The van der Waals surface area contributed by atoms with Gasteiger partial charge >= 0.3 is 24.1 Å². The second-order valence-corrected chi connectivity index (χ2v) is 7.24. The molecule has 0 aromatic rings. The molecule has 0 spiro atoms. The van der Waals surface area contributed by atoms with E-state index in [4.69, 9.17) is 14.9 Å². The summed E-state index contributed by atoms with van der Waals surface area (Å²) in [5.41, 5.74) is -1.68. The summed E-state index contributed by atoms with van der Waals surface area (Å²) in [5, 5.41) is 21.6. The molecular weight excluding hydrogens is 308 g/mol. The molecule has 0 aliphatic carbocycles. The first kappa shape index (κ1) is 20.7. The van der Waals surface area contributed by atoms with Gasteiger partial charge in [-0.05, 0) is 10.8 Å². The van der Waals surface area contributed by atoms with E-state index in [0.717, 1.165) is 0 Å². The van der Waals surface area contributed by atoms with Crippen LogP contribution in [0.2, 0.25) is 0 Å². The monoisotopic (exact) mass is 332 g/mol. The van der Waals surface area contributed by atoms with Crippen molar-refractivity contribution in [3.05, 3.63) is 0 Å². The van der Waals surface area contributed by atoms with Gasteiger partial charge < -0.3 is 25.6 Å². The number of nitrogens with one attached hydrogen (secondary N) is 2. The van der Waals surface area contributed by atoms with E-state index in [-0.39, 0.29) is 0 Å². The van der Waals surface area contributed by atoms with Crippen LogP contribution in [-0.2, 0) is 14.3 Å². The topological polar surface area (TPSA) is 142 Å².